The molecule has 1 heterocycles. The maximum atomic E-state index is 12.9. The monoisotopic (exact) mass is 388 g/mol. The average Bonchev–Trinajstić information content (AvgIpc) is 3.03. The fourth-order valence-corrected chi connectivity index (χ4v) is 3.85. The number of carbonyl (C=O) groups is 1. The Bertz CT molecular complexity index is 1060. The van der Waals surface area contributed by atoms with Crippen molar-refractivity contribution < 1.29 is 17.9 Å². The molecule has 0 radical (unpaired) electrons. The van der Waals surface area contributed by atoms with Crippen LogP contribution in [0.25, 0.3) is 11.0 Å². The number of sulfonamides is 1. The summed E-state index contributed by atoms with van der Waals surface area (Å²) >= 11 is 0. The number of carbonyl (C=O) groups excluding carboxylic acids is 1. The van der Waals surface area contributed by atoms with Crippen molar-refractivity contribution in [3.8, 4) is 5.75 Å². The first kappa shape index (κ1) is 18.9. The summed E-state index contributed by atoms with van der Waals surface area (Å²) in [5.74, 6) is 0.598. The summed E-state index contributed by atoms with van der Waals surface area (Å²) in [7, 11) is -0.867. The van der Waals surface area contributed by atoms with E-state index in [9.17, 15) is 13.2 Å². The van der Waals surface area contributed by atoms with Crippen molar-refractivity contribution in [2.24, 2.45) is 0 Å². The summed E-state index contributed by atoms with van der Waals surface area (Å²) in [5.41, 5.74) is 1.91. The van der Waals surface area contributed by atoms with Gasteiger partial charge in [-0.15, -0.1) is 0 Å². The Balaban J connectivity index is 1.89. The molecule has 0 aliphatic carbocycles. The van der Waals surface area contributed by atoms with Crippen LogP contribution in [0, 0.1) is 0 Å². The molecular weight excluding hydrogens is 368 g/mol. The molecule has 2 N–H and O–H groups in total. The zero-order valence-corrected chi connectivity index (χ0v) is 16.0. The molecule has 8 nitrogen and oxygen atoms in total. The number of methoxy groups -OCH3 is 1. The molecule has 142 valence electrons. The van der Waals surface area contributed by atoms with Gasteiger partial charge in [0, 0.05) is 14.0 Å². The van der Waals surface area contributed by atoms with Crippen LogP contribution in [-0.4, -0.2) is 42.8 Å². The van der Waals surface area contributed by atoms with Crippen molar-refractivity contribution in [3.05, 3.63) is 48.3 Å². The Morgan fingerprint density at radius 3 is 2.67 bits per heavy atom. The molecule has 3 rings (SSSR count). The first-order chi connectivity index (χ1) is 12.8. The number of imidazole rings is 1. The molecule has 27 heavy (non-hydrogen) atoms. The van der Waals surface area contributed by atoms with E-state index < -0.39 is 10.0 Å². The molecule has 0 spiro atoms. The van der Waals surface area contributed by atoms with Crippen LogP contribution in [0.5, 0.6) is 5.75 Å². The molecule has 0 aliphatic rings. The first-order valence-corrected chi connectivity index (χ1v) is 9.61. The number of amides is 1. The Kier molecular flexibility index (Phi) is 5.15. The molecule has 0 fully saturated rings. The van der Waals surface area contributed by atoms with E-state index in [-0.39, 0.29) is 17.3 Å². The second kappa shape index (κ2) is 7.37. The Morgan fingerprint density at radius 2 is 2.00 bits per heavy atom. The van der Waals surface area contributed by atoms with Gasteiger partial charge in [0.25, 0.3) is 0 Å². The summed E-state index contributed by atoms with van der Waals surface area (Å²) in [4.78, 5) is 18.9. The van der Waals surface area contributed by atoms with Gasteiger partial charge in [-0.25, -0.2) is 13.4 Å². The second-order valence-corrected chi connectivity index (χ2v) is 8.05. The predicted molar refractivity (Wildman–Crippen MR) is 102 cm³/mol. The van der Waals surface area contributed by atoms with Crippen LogP contribution in [-0.2, 0) is 21.4 Å². The van der Waals surface area contributed by atoms with E-state index in [0.717, 1.165) is 11.0 Å². The van der Waals surface area contributed by atoms with Gasteiger partial charge in [-0.05, 0) is 30.3 Å². The largest absolute Gasteiger partial charge is 0.495 e. The number of rotatable bonds is 6. The smallest absolute Gasteiger partial charge is 0.243 e. The third kappa shape index (κ3) is 3.93. The van der Waals surface area contributed by atoms with Gasteiger partial charge in [0.2, 0.25) is 15.9 Å². The third-order valence-corrected chi connectivity index (χ3v) is 5.80. The number of anilines is 1. The van der Waals surface area contributed by atoms with Crippen molar-refractivity contribution in [3.63, 3.8) is 0 Å². The lowest BCUT2D eigenvalue weighted by atomic mass is 10.3. The lowest BCUT2D eigenvalue weighted by Gasteiger charge is -2.17. The van der Waals surface area contributed by atoms with E-state index in [4.69, 9.17) is 4.74 Å². The highest BCUT2D eigenvalue weighted by molar-refractivity contribution is 7.89. The number of aromatic amines is 1. The minimum atomic E-state index is -3.79. The van der Waals surface area contributed by atoms with Gasteiger partial charge < -0.3 is 15.0 Å². The number of nitrogens with zero attached hydrogens (tertiary/aromatic N) is 2. The number of benzene rings is 2. The summed E-state index contributed by atoms with van der Waals surface area (Å²) in [6.07, 6.45) is 0. The SMILES string of the molecule is COc1ccc(S(=O)(=O)N(C)Cc2nc3ccccc3[nH]2)cc1NC(C)=O. The topological polar surface area (TPSA) is 104 Å². The molecule has 0 saturated carbocycles. The van der Waals surface area contributed by atoms with Gasteiger partial charge in [0.05, 0.1) is 35.3 Å². The standard InChI is InChI=1S/C18H20N4O4S/c1-12(23)19-16-10-13(8-9-17(16)26-3)27(24,25)22(2)11-18-20-14-6-4-5-7-15(14)21-18/h4-10H,11H2,1-3H3,(H,19,23)(H,20,21). The quantitative estimate of drug-likeness (QED) is 0.674. The fourth-order valence-electron chi connectivity index (χ4n) is 2.69. The zero-order chi connectivity index (χ0) is 19.6. The number of fused-ring (bicyclic) bond motifs is 1. The summed E-state index contributed by atoms with van der Waals surface area (Å²) in [5, 5.41) is 2.58. The van der Waals surface area contributed by atoms with Crippen LogP contribution in [0.15, 0.2) is 47.4 Å². The minimum Gasteiger partial charge on any atom is -0.495 e. The summed E-state index contributed by atoms with van der Waals surface area (Å²) in [6.45, 7) is 1.42. The van der Waals surface area contributed by atoms with E-state index in [2.05, 4.69) is 15.3 Å². The molecule has 3 aromatic rings. The van der Waals surface area contributed by atoms with E-state index >= 15 is 0 Å². The highest BCUT2D eigenvalue weighted by Crippen LogP contribution is 2.29. The van der Waals surface area contributed by atoms with E-state index in [1.54, 1.807) is 0 Å². The Labute approximate surface area is 157 Å². The Hall–Kier alpha value is -2.91. The minimum absolute atomic E-state index is 0.0469. The molecule has 2 aromatic carbocycles. The third-order valence-electron chi connectivity index (χ3n) is 4.00. The van der Waals surface area contributed by atoms with Gasteiger partial charge in [-0.3, -0.25) is 4.79 Å². The van der Waals surface area contributed by atoms with Crippen LogP contribution in [0.4, 0.5) is 5.69 Å². The van der Waals surface area contributed by atoms with Gasteiger partial charge in [-0.2, -0.15) is 4.31 Å². The number of hydrogen-bond acceptors (Lipinski definition) is 5. The molecular formula is C18H20N4O4S. The molecule has 0 atom stereocenters. The molecule has 1 amide bonds. The normalized spacial score (nSPS) is 11.7. The number of hydrogen-bond donors (Lipinski definition) is 2. The van der Waals surface area contributed by atoms with Crippen molar-refractivity contribution in [1.82, 2.24) is 14.3 Å². The highest BCUT2D eigenvalue weighted by Gasteiger charge is 2.23. The first-order valence-electron chi connectivity index (χ1n) is 8.17. The predicted octanol–water partition coefficient (Wildman–Crippen LogP) is 2.35. The maximum Gasteiger partial charge on any atom is 0.243 e. The fraction of sp³-hybridized carbons (Fsp3) is 0.222. The van der Waals surface area contributed by atoms with Crippen LogP contribution < -0.4 is 10.1 Å². The van der Waals surface area contributed by atoms with Crippen molar-refractivity contribution in [2.75, 3.05) is 19.5 Å². The Morgan fingerprint density at radius 1 is 1.26 bits per heavy atom. The van der Waals surface area contributed by atoms with Crippen molar-refractivity contribution in [2.45, 2.75) is 18.4 Å². The van der Waals surface area contributed by atoms with Gasteiger partial charge in [0.1, 0.15) is 11.6 Å². The molecule has 9 heteroatoms. The molecule has 1 aromatic heterocycles. The van der Waals surface area contributed by atoms with Crippen molar-refractivity contribution in [1.29, 1.82) is 0 Å². The van der Waals surface area contributed by atoms with Crippen molar-refractivity contribution >= 4 is 32.7 Å². The molecule has 0 saturated heterocycles. The average molecular weight is 388 g/mol. The molecule has 0 unspecified atom stereocenters. The number of nitrogens with one attached hydrogen (secondary N) is 2. The molecule has 0 bridgehead atoms. The highest BCUT2D eigenvalue weighted by atomic mass is 32.2. The van der Waals surface area contributed by atoms with Crippen LogP contribution in [0.1, 0.15) is 12.7 Å². The summed E-state index contributed by atoms with van der Waals surface area (Å²) < 4.78 is 32.2. The number of aromatic nitrogens is 2. The number of H-pyrrole nitrogens is 1. The van der Waals surface area contributed by atoms with Crippen LogP contribution >= 0.6 is 0 Å². The van der Waals surface area contributed by atoms with E-state index in [0.29, 0.717) is 17.3 Å². The van der Waals surface area contributed by atoms with E-state index in [1.165, 1.54) is 43.6 Å². The lowest BCUT2D eigenvalue weighted by molar-refractivity contribution is -0.114. The van der Waals surface area contributed by atoms with Gasteiger partial charge in [0.15, 0.2) is 0 Å². The van der Waals surface area contributed by atoms with Crippen LogP contribution in [0.2, 0.25) is 0 Å². The lowest BCUT2D eigenvalue weighted by Crippen LogP contribution is -2.27. The molecule has 0 aliphatic heterocycles. The van der Waals surface area contributed by atoms with E-state index in [1.807, 2.05) is 24.3 Å². The summed E-state index contributed by atoms with van der Waals surface area (Å²) in [6, 6.07) is 11.8. The second-order valence-electron chi connectivity index (χ2n) is 6.01. The number of ether oxygens (including phenoxy) is 1. The maximum absolute atomic E-state index is 12.9. The van der Waals surface area contributed by atoms with Gasteiger partial charge >= 0.3 is 0 Å². The van der Waals surface area contributed by atoms with Gasteiger partial charge in [-0.1, -0.05) is 12.1 Å². The van der Waals surface area contributed by atoms with Crippen LogP contribution in [0.3, 0.4) is 0 Å². The number of para-hydroxylation sites is 2. The zero-order valence-electron chi connectivity index (χ0n) is 15.2.